The number of hydrogen-bond acceptors (Lipinski definition) is 4. The van der Waals surface area contributed by atoms with Gasteiger partial charge in [-0.05, 0) is 79.8 Å². The number of ether oxygens (including phenoxy) is 1. The van der Waals surface area contributed by atoms with Gasteiger partial charge in [-0.1, -0.05) is 35.9 Å². The van der Waals surface area contributed by atoms with Crippen molar-refractivity contribution in [2.45, 2.75) is 39.2 Å². The number of aryl methyl sites for hydroxylation is 2. The minimum atomic E-state index is -0.157. The molecule has 3 aromatic rings. The van der Waals surface area contributed by atoms with E-state index in [1.165, 1.54) is 16.0 Å². The minimum Gasteiger partial charge on any atom is -0.491 e. The molecule has 0 spiro atoms. The lowest BCUT2D eigenvalue weighted by Crippen LogP contribution is -2.48. The summed E-state index contributed by atoms with van der Waals surface area (Å²) in [6, 6.07) is 17.6. The second-order valence-electron chi connectivity index (χ2n) is 9.72. The summed E-state index contributed by atoms with van der Waals surface area (Å²) in [5, 5.41) is 2.10. The van der Waals surface area contributed by atoms with Gasteiger partial charge in [0.25, 0.3) is 5.91 Å². The topological polar surface area (TPSA) is 49.9 Å². The molecule has 0 N–H and O–H groups in total. The molecule has 0 saturated heterocycles. The lowest BCUT2D eigenvalue weighted by atomic mass is 10.00. The van der Waals surface area contributed by atoms with E-state index in [2.05, 4.69) is 18.4 Å². The first kappa shape index (κ1) is 23.6. The van der Waals surface area contributed by atoms with E-state index in [-0.39, 0.29) is 24.4 Å². The van der Waals surface area contributed by atoms with Crippen LogP contribution in [0.4, 0.5) is 0 Å². The molecule has 1 aromatic heterocycles. The zero-order valence-corrected chi connectivity index (χ0v) is 21.2. The average molecular weight is 489 g/mol. The van der Waals surface area contributed by atoms with Crippen molar-refractivity contribution in [3.63, 3.8) is 0 Å². The summed E-state index contributed by atoms with van der Waals surface area (Å²) >= 11 is 1.74. The summed E-state index contributed by atoms with van der Waals surface area (Å²) in [5.41, 5.74) is 3.97. The number of thiophene rings is 1. The highest BCUT2D eigenvalue weighted by molar-refractivity contribution is 7.10. The first-order chi connectivity index (χ1) is 17.0. The maximum absolute atomic E-state index is 13.7. The minimum absolute atomic E-state index is 0.0121. The first-order valence-electron chi connectivity index (χ1n) is 12.4. The number of hydrogen-bond donors (Lipinski definition) is 0. The van der Waals surface area contributed by atoms with Crippen LogP contribution in [0.15, 0.2) is 60.0 Å². The Morgan fingerprint density at radius 1 is 1.06 bits per heavy atom. The molecule has 35 heavy (non-hydrogen) atoms. The molecule has 2 heterocycles. The Balaban J connectivity index is 1.34. The molecule has 5 nitrogen and oxygen atoms in total. The van der Waals surface area contributed by atoms with Crippen LogP contribution in [-0.4, -0.2) is 47.9 Å². The summed E-state index contributed by atoms with van der Waals surface area (Å²) in [6.07, 6.45) is 3.09. The van der Waals surface area contributed by atoms with Crippen molar-refractivity contribution in [1.29, 1.82) is 0 Å². The third-order valence-electron chi connectivity index (χ3n) is 7.01. The number of carbonyl (C=O) groups excluding carboxylic acids is 2. The van der Waals surface area contributed by atoms with E-state index < -0.39 is 0 Å². The predicted octanol–water partition coefficient (Wildman–Crippen LogP) is 5.42. The molecule has 1 atom stereocenters. The zero-order valence-electron chi connectivity index (χ0n) is 20.4. The van der Waals surface area contributed by atoms with Crippen molar-refractivity contribution in [2.75, 3.05) is 26.2 Å². The number of benzene rings is 2. The Kier molecular flexibility index (Phi) is 6.91. The second kappa shape index (κ2) is 10.2. The smallest absolute Gasteiger partial charge is 0.254 e. The van der Waals surface area contributed by atoms with Gasteiger partial charge in [-0.25, -0.2) is 0 Å². The Bertz CT molecular complexity index is 1200. The van der Waals surface area contributed by atoms with Crippen molar-refractivity contribution >= 4 is 23.2 Å². The number of nitrogens with zero attached hydrogens (tertiary/aromatic N) is 2. The number of rotatable bonds is 8. The molecule has 6 heteroatoms. The fourth-order valence-electron chi connectivity index (χ4n) is 4.75. The summed E-state index contributed by atoms with van der Waals surface area (Å²) in [5.74, 6) is 1.24. The average Bonchev–Trinajstić information content (AvgIpc) is 3.55. The van der Waals surface area contributed by atoms with Gasteiger partial charge < -0.3 is 14.5 Å². The lowest BCUT2D eigenvalue weighted by molar-refractivity contribution is -0.135. The Labute approximate surface area is 211 Å². The van der Waals surface area contributed by atoms with Crippen LogP contribution in [0, 0.1) is 19.8 Å². The summed E-state index contributed by atoms with van der Waals surface area (Å²) in [4.78, 5) is 32.2. The number of carbonyl (C=O) groups is 2. The molecule has 1 saturated carbocycles. The monoisotopic (exact) mass is 488 g/mol. The SMILES string of the molecule is Cc1ccc(OC[C@H]2c3ccsc3CCN2C(=O)CN(CC2CC2)C(=O)c2ccccc2C)cc1. The van der Waals surface area contributed by atoms with Gasteiger partial charge in [0.15, 0.2) is 0 Å². The van der Waals surface area contributed by atoms with Crippen LogP contribution in [0.25, 0.3) is 0 Å². The molecule has 0 unspecified atom stereocenters. The van der Waals surface area contributed by atoms with Gasteiger partial charge in [-0.3, -0.25) is 9.59 Å². The van der Waals surface area contributed by atoms with Crippen LogP contribution in [0.5, 0.6) is 5.75 Å². The Morgan fingerprint density at radius 2 is 1.83 bits per heavy atom. The van der Waals surface area contributed by atoms with E-state index in [9.17, 15) is 9.59 Å². The van der Waals surface area contributed by atoms with Gasteiger partial charge in [-0.2, -0.15) is 0 Å². The van der Waals surface area contributed by atoms with E-state index in [0.29, 0.717) is 31.2 Å². The second-order valence-corrected chi connectivity index (χ2v) is 10.7. The lowest BCUT2D eigenvalue weighted by Gasteiger charge is -2.37. The molecule has 182 valence electrons. The van der Waals surface area contributed by atoms with Crippen LogP contribution in [0.1, 0.15) is 50.8 Å². The molecule has 1 fully saturated rings. The molecule has 0 radical (unpaired) electrons. The van der Waals surface area contributed by atoms with E-state index in [0.717, 1.165) is 30.6 Å². The fourth-order valence-corrected chi connectivity index (χ4v) is 5.68. The summed E-state index contributed by atoms with van der Waals surface area (Å²) in [6.45, 7) is 5.78. The fraction of sp³-hybridized carbons (Fsp3) is 0.379. The Morgan fingerprint density at radius 3 is 2.57 bits per heavy atom. The molecule has 0 bridgehead atoms. The zero-order chi connectivity index (χ0) is 24.4. The van der Waals surface area contributed by atoms with Gasteiger partial charge >= 0.3 is 0 Å². The van der Waals surface area contributed by atoms with Gasteiger partial charge in [-0.15, -0.1) is 11.3 Å². The van der Waals surface area contributed by atoms with Crippen LogP contribution in [0.2, 0.25) is 0 Å². The number of fused-ring (bicyclic) bond motifs is 1. The molecule has 1 aliphatic carbocycles. The highest BCUT2D eigenvalue weighted by Gasteiger charge is 2.35. The van der Waals surface area contributed by atoms with Crippen molar-refractivity contribution in [3.05, 3.63) is 87.1 Å². The van der Waals surface area contributed by atoms with Crippen molar-refractivity contribution in [2.24, 2.45) is 5.92 Å². The summed E-state index contributed by atoms with van der Waals surface area (Å²) < 4.78 is 6.15. The molecule has 2 aromatic carbocycles. The molecule has 2 aliphatic rings. The molecular formula is C29H32N2O3S. The third kappa shape index (κ3) is 5.43. The van der Waals surface area contributed by atoms with Crippen LogP contribution >= 0.6 is 11.3 Å². The molecule has 1 aliphatic heterocycles. The van der Waals surface area contributed by atoms with E-state index in [1.807, 2.05) is 60.4 Å². The van der Waals surface area contributed by atoms with Gasteiger partial charge in [0.1, 0.15) is 18.9 Å². The maximum atomic E-state index is 13.7. The number of amides is 2. The van der Waals surface area contributed by atoms with E-state index in [4.69, 9.17) is 4.74 Å². The largest absolute Gasteiger partial charge is 0.491 e. The van der Waals surface area contributed by atoms with Gasteiger partial charge in [0, 0.05) is 23.5 Å². The molecular weight excluding hydrogens is 456 g/mol. The van der Waals surface area contributed by atoms with Gasteiger partial charge in [0.2, 0.25) is 5.91 Å². The highest BCUT2D eigenvalue weighted by atomic mass is 32.1. The quantitative estimate of drug-likeness (QED) is 0.425. The normalized spacial score (nSPS) is 17.1. The van der Waals surface area contributed by atoms with Crippen LogP contribution < -0.4 is 4.74 Å². The van der Waals surface area contributed by atoms with Crippen molar-refractivity contribution in [3.8, 4) is 5.75 Å². The first-order valence-corrected chi connectivity index (χ1v) is 13.3. The van der Waals surface area contributed by atoms with Gasteiger partial charge in [0.05, 0.1) is 6.04 Å². The Hall–Kier alpha value is -3.12. The molecule has 2 amide bonds. The molecule has 5 rings (SSSR count). The van der Waals surface area contributed by atoms with Crippen molar-refractivity contribution < 1.29 is 14.3 Å². The van der Waals surface area contributed by atoms with E-state index >= 15 is 0 Å². The summed E-state index contributed by atoms with van der Waals surface area (Å²) in [7, 11) is 0. The maximum Gasteiger partial charge on any atom is 0.254 e. The highest BCUT2D eigenvalue weighted by Crippen LogP contribution is 2.35. The predicted molar refractivity (Wildman–Crippen MR) is 139 cm³/mol. The van der Waals surface area contributed by atoms with E-state index in [1.54, 1.807) is 16.2 Å². The third-order valence-corrected chi connectivity index (χ3v) is 8.00. The van der Waals surface area contributed by atoms with Crippen LogP contribution in [-0.2, 0) is 11.2 Å². The van der Waals surface area contributed by atoms with Crippen LogP contribution in [0.3, 0.4) is 0 Å². The standard InChI is InChI=1S/C29H32N2O3S/c1-20-7-11-23(12-8-20)34-19-26-25-14-16-35-27(25)13-15-31(26)28(32)18-30(17-22-9-10-22)29(33)24-6-4-3-5-21(24)2/h3-8,11-12,14,16,22,26H,9-10,13,15,17-19H2,1-2H3/t26-/m0/s1. The van der Waals surface area contributed by atoms with Crippen molar-refractivity contribution in [1.82, 2.24) is 9.80 Å².